The summed E-state index contributed by atoms with van der Waals surface area (Å²) in [7, 11) is -3.43. The number of nitrogens with one attached hydrogen (secondary N) is 1. The van der Waals surface area contributed by atoms with Gasteiger partial charge in [-0.1, -0.05) is 24.4 Å². The van der Waals surface area contributed by atoms with E-state index < -0.39 is 10.0 Å². The lowest BCUT2D eigenvalue weighted by Crippen LogP contribution is -2.18. The molecule has 0 radical (unpaired) electrons. The van der Waals surface area contributed by atoms with Crippen LogP contribution in [-0.4, -0.2) is 24.1 Å². The lowest BCUT2D eigenvalue weighted by molar-refractivity contribution is 0.600. The second kappa shape index (κ2) is 6.64. The fourth-order valence-electron chi connectivity index (χ4n) is 1.77. The summed E-state index contributed by atoms with van der Waals surface area (Å²) in [5, 5.41) is 0. The molecule has 1 aromatic heterocycles. The lowest BCUT2D eigenvalue weighted by atomic mass is 10.2. The number of pyridine rings is 1. The maximum Gasteiger partial charge on any atom is 0.233 e. The molecule has 2 rings (SSSR count). The van der Waals surface area contributed by atoms with Crippen molar-refractivity contribution in [2.45, 2.75) is 6.42 Å². The molecule has 110 valence electrons. The predicted octanol–water partition coefficient (Wildman–Crippen LogP) is 1.70. The van der Waals surface area contributed by atoms with E-state index in [1.807, 2.05) is 0 Å². The van der Waals surface area contributed by atoms with Crippen LogP contribution in [0.2, 0.25) is 0 Å². The number of rotatable bonds is 6. The van der Waals surface area contributed by atoms with Crippen molar-refractivity contribution in [2.75, 3.05) is 10.5 Å². The summed E-state index contributed by atoms with van der Waals surface area (Å²) in [6.45, 7) is 0. The van der Waals surface area contributed by atoms with E-state index in [0.29, 0.717) is 17.7 Å². The minimum absolute atomic E-state index is 0.00564. The Morgan fingerprint density at radius 3 is 2.62 bits per heavy atom. The van der Waals surface area contributed by atoms with Crippen LogP contribution in [0.5, 0.6) is 0 Å². The number of nitrogens with zero attached hydrogens (tertiary/aromatic N) is 1. The van der Waals surface area contributed by atoms with E-state index in [2.05, 4.69) is 9.71 Å². The van der Waals surface area contributed by atoms with Crippen LogP contribution in [0.3, 0.4) is 0 Å². The van der Waals surface area contributed by atoms with Gasteiger partial charge in [0.2, 0.25) is 10.0 Å². The summed E-state index contributed by atoms with van der Waals surface area (Å²) in [6, 6.07) is 10.3. The Kier molecular flexibility index (Phi) is 4.87. The first-order valence-corrected chi connectivity index (χ1v) is 8.31. The number of hydrogen-bond donors (Lipinski definition) is 2. The number of hydrogen-bond acceptors (Lipinski definition) is 4. The molecular formula is C14H15N3O2S2. The second-order valence-corrected chi connectivity index (χ2v) is 6.75. The summed E-state index contributed by atoms with van der Waals surface area (Å²) in [5.41, 5.74) is 7.53. The number of anilines is 1. The molecule has 0 unspecified atom stereocenters. The van der Waals surface area contributed by atoms with Crippen LogP contribution in [0.4, 0.5) is 5.69 Å². The summed E-state index contributed by atoms with van der Waals surface area (Å²) < 4.78 is 26.7. The molecule has 21 heavy (non-hydrogen) atoms. The zero-order valence-electron chi connectivity index (χ0n) is 11.2. The van der Waals surface area contributed by atoms with Crippen molar-refractivity contribution in [3.05, 3.63) is 59.9 Å². The summed E-state index contributed by atoms with van der Waals surface area (Å²) in [4.78, 5) is 4.12. The normalized spacial score (nSPS) is 11.0. The minimum Gasteiger partial charge on any atom is -0.389 e. The van der Waals surface area contributed by atoms with E-state index in [0.717, 1.165) is 5.56 Å². The van der Waals surface area contributed by atoms with Crippen LogP contribution in [0, 0.1) is 0 Å². The van der Waals surface area contributed by atoms with Gasteiger partial charge in [0.1, 0.15) is 4.99 Å². The topological polar surface area (TPSA) is 85.1 Å². The zero-order chi connectivity index (χ0) is 15.3. The average Bonchev–Trinajstić information content (AvgIpc) is 2.46. The number of thiocarbonyl (C=S) groups is 1. The SMILES string of the molecule is NC(=S)c1cccc(NS(=O)(=O)CCc2ccncc2)c1. The second-order valence-electron chi connectivity index (χ2n) is 4.47. The standard InChI is InChI=1S/C14H15N3O2S2/c15-14(20)12-2-1-3-13(10-12)17-21(18,19)9-6-11-4-7-16-8-5-11/h1-5,7-8,10,17H,6,9H2,(H2,15,20). The lowest BCUT2D eigenvalue weighted by Gasteiger charge is -2.09. The van der Waals surface area contributed by atoms with Crippen molar-refractivity contribution in [3.8, 4) is 0 Å². The first kappa shape index (κ1) is 15.4. The van der Waals surface area contributed by atoms with E-state index >= 15 is 0 Å². The molecule has 1 aromatic carbocycles. The Hall–Kier alpha value is -1.99. The highest BCUT2D eigenvalue weighted by molar-refractivity contribution is 7.92. The van der Waals surface area contributed by atoms with Crippen LogP contribution in [-0.2, 0) is 16.4 Å². The molecule has 0 atom stereocenters. The molecule has 0 saturated heterocycles. The average molecular weight is 321 g/mol. The predicted molar refractivity (Wildman–Crippen MR) is 87.7 cm³/mol. The molecule has 5 nitrogen and oxygen atoms in total. The first-order valence-electron chi connectivity index (χ1n) is 6.25. The van der Waals surface area contributed by atoms with Crippen LogP contribution in [0.25, 0.3) is 0 Å². The molecule has 0 saturated carbocycles. The van der Waals surface area contributed by atoms with Gasteiger partial charge < -0.3 is 5.73 Å². The van der Waals surface area contributed by atoms with Gasteiger partial charge in [0.15, 0.2) is 0 Å². The maximum absolute atomic E-state index is 12.1. The first-order chi connectivity index (χ1) is 9.96. The fourth-order valence-corrected chi connectivity index (χ4v) is 2.99. The van der Waals surface area contributed by atoms with Crippen molar-refractivity contribution in [2.24, 2.45) is 5.73 Å². The number of aryl methyl sites for hydroxylation is 1. The van der Waals surface area contributed by atoms with Gasteiger partial charge in [0.25, 0.3) is 0 Å². The van der Waals surface area contributed by atoms with Crippen molar-refractivity contribution in [1.82, 2.24) is 4.98 Å². The van der Waals surface area contributed by atoms with Crippen molar-refractivity contribution < 1.29 is 8.42 Å². The van der Waals surface area contributed by atoms with Crippen LogP contribution >= 0.6 is 12.2 Å². The van der Waals surface area contributed by atoms with Crippen molar-refractivity contribution >= 4 is 32.9 Å². The summed E-state index contributed by atoms with van der Waals surface area (Å²) in [5.74, 6) is -0.00564. The third kappa shape index (κ3) is 4.80. The van der Waals surface area contributed by atoms with Gasteiger partial charge in [0, 0.05) is 23.6 Å². The minimum atomic E-state index is -3.43. The summed E-state index contributed by atoms with van der Waals surface area (Å²) in [6.07, 6.45) is 3.70. The molecule has 0 aliphatic rings. The van der Waals surface area contributed by atoms with Crippen LogP contribution in [0.1, 0.15) is 11.1 Å². The Balaban J connectivity index is 2.04. The van der Waals surface area contributed by atoms with E-state index in [1.165, 1.54) is 0 Å². The molecule has 0 aliphatic heterocycles. The maximum atomic E-state index is 12.1. The van der Waals surface area contributed by atoms with Crippen LogP contribution < -0.4 is 10.5 Å². The van der Waals surface area contributed by atoms with Crippen LogP contribution in [0.15, 0.2) is 48.8 Å². The molecule has 0 bridgehead atoms. The molecule has 0 amide bonds. The largest absolute Gasteiger partial charge is 0.389 e. The van der Waals surface area contributed by atoms with Gasteiger partial charge in [-0.05, 0) is 36.2 Å². The number of aromatic nitrogens is 1. The fraction of sp³-hybridized carbons (Fsp3) is 0.143. The van der Waals surface area contributed by atoms with E-state index in [9.17, 15) is 8.42 Å². The summed E-state index contributed by atoms with van der Waals surface area (Å²) >= 11 is 4.87. The van der Waals surface area contributed by atoms with E-state index in [4.69, 9.17) is 18.0 Å². The highest BCUT2D eigenvalue weighted by atomic mass is 32.2. The quantitative estimate of drug-likeness (QED) is 0.791. The van der Waals surface area contributed by atoms with Gasteiger partial charge in [-0.25, -0.2) is 8.42 Å². The highest BCUT2D eigenvalue weighted by Crippen LogP contribution is 2.13. The molecule has 0 fully saturated rings. The Labute approximate surface area is 129 Å². The van der Waals surface area contributed by atoms with Gasteiger partial charge >= 0.3 is 0 Å². The Morgan fingerprint density at radius 1 is 1.24 bits per heavy atom. The Morgan fingerprint density at radius 2 is 1.95 bits per heavy atom. The highest BCUT2D eigenvalue weighted by Gasteiger charge is 2.11. The van der Waals surface area contributed by atoms with E-state index in [1.54, 1.807) is 48.8 Å². The smallest absolute Gasteiger partial charge is 0.233 e. The Bertz CT molecular complexity index is 731. The number of sulfonamides is 1. The van der Waals surface area contributed by atoms with Crippen molar-refractivity contribution in [1.29, 1.82) is 0 Å². The molecule has 2 aromatic rings. The molecule has 0 aliphatic carbocycles. The number of nitrogens with two attached hydrogens (primary N) is 1. The third-order valence-electron chi connectivity index (χ3n) is 2.83. The number of benzene rings is 1. The van der Waals surface area contributed by atoms with Crippen molar-refractivity contribution in [3.63, 3.8) is 0 Å². The van der Waals surface area contributed by atoms with Gasteiger partial charge in [-0.15, -0.1) is 0 Å². The molecule has 7 heteroatoms. The molecular weight excluding hydrogens is 306 g/mol. The zero-order valence-corrected chi connectivity index (χ0v) is 12.8. The molecule has 0 spiro atoms. The van der Waals surface area contributed by atoms with E-state index in [-0.39, 0.29) is 10.7 Å². The molecule has 1 heterocycles. The third-order valence-corrected chi connectivity index (χ3v) is 4.35. The molecule has 3 N–H and O–H groups in total. The van der Waals surface area contributed by atoms with Gasteiger partial charge in [-0.3, -0.25) is 9.71 Å². The van der Waals surface area contributed by atoms with Gasteiger partial charge in [0.05, 0.1) is 5.75 Å². The van der Waals surface area contributed by atoms with Gasteiger partial charge in [-0.2, -0.15) is 0 Å². The monoisotopic (exact) mass is 321 g/mol.